The van der Waals surface area contributed by atoms with Crippen LogP contribution in [0.4, 0.5) is 0 Å². The maximum atomic E-state index is 11.6. The Morgan fingerprint density at radius 2 is 1.60 bits per heavy atom. The third kappa shape index (κ3) is 6.28. The van der Waals surface area contributed by atoms with Crippen LogP contribution >= 0.6 is 23.2 Å². The molecular weight excluding hydrogens is 639 g/mol. The van der Waals surface area contributed by atoms with Crippen molar-refractivity contribution < 1.29 is 19.4 Å². The fraction of sp³-hybridized carbons (Fsp3) is 0.371. The first-order valence-electron chi connectivity index (χ1n) is 15.8. The summed E-state index contributed by atoms with van der Waals surface area (Å²) in [5, 5.41) is 17.3. The number of β-amino-alcohol motifs (C(OH)–C–C–N with tert-alkyl or cyclic N) is 1. The number of hydrogen-bond acceptors (Lipinski definition) is 9. The minimum atomic E-state index is -0.297. The van der Waals surface area contributed by atoms with Crippen molar-refractivity contribution in [2.24, 2.45) is 0 Å². The lowest BCUT2D eigenvalue weighted by Gasteiger charge is -2.35. The molecule has 244 valence electrons. The average Bonchev–Trinajstić information content (AvgIpc) is 3.68. The zero-order chi connectivity index (χ0) is 32.7. The highest BCUT2D eigenvalue weighted by Crippen LogP contribution is 2.44. The molecule has 2 unspecified atom stereocenters. The van der Waals surface area contributed by atoms with E-state index in [1.807, 2.05) is 36.4 Å². The summed E-state index contributed by atoms with van der Waals surface area (Å²) in [6.07, 6.45) is 4.63. The van der Waals surface area contributed by atoms with E-state index in [9.17, 15) is 9.90 Å². The Morgan fingerprint density at radius 1 is 0.936 bits per heavy atom. The Hall–Kier alpha value is -3.80. The van der Waals surface area contributed by atoms with Crippen LogP contribution in [0.5, 0.6) is 11.8 Å². The number of carbonyl (C=O) groups excluding carboxylic acids is 1. The van der Waals surface area contributed by atoms with Crippen molar-refractivity contribution >= 4 is 29.1 Å². The van der Waals surface area contributed by atoms with Crippen LogP contribution in [0.2, 0.25) is 10.0 Å². The highest BCUT2D eigenvalue weighted by atomic mass is 35.5. The van der Waals surface area contributed by atoms with Gasteiger partial charge in [0.05, 0.1) is 48.0 Å². The highest BCUT2D eigenvalue weighted by Gasteiger charge is 2.31. The van der Waals surface area contributed by atoms with Crippen LogP contribution in [0, 0.1) is 0 Å². The molecule has 2 aromatic heterocycles. The number of nitrogens with zero attached hydrogens (tertiary/aromatic N) is 4. The molecular formula is C35H36Cl2N6O4. The Morgan fingerprint density at radius 3 is 2.23 bits per heavy atom. The topological polar surface area (TPSA) is 122 Å². The molecule has 0 bridgehead atoms. The van der Waals surface area contributed by atoms with Gasteiger partial charge >= 0.3 is 0 Å². The Kier molecular flexibility index (Phi) is 9.04. The van der Waals surface area contributed by atoms with E-state index >= 15 is 0 Å². The molecule has 4 heterocycles. The van der Waals surface area contributed by atoms with Gasteiger partial charge in [-0.3, -0.25) is 14.7 Å². The van der Waals surface area contributed by atoms with Gasteiger partial charge in [-0.25, -0.2) is 9.97 Å². The third-order valence-corrected chi connectivity index (χ3v) is 10.0. The molecule has 0 radical (unpaired) electrons. The smallest absolute Gasteiger partial charge is 0.237 e. The molecule has 47 heavy (non-hydrogen) atoms. The van der Waals surface area contributed by atoms with Crippen LogP contribution in [0.3, 0.4) is 0 Å². The minimum Gasteiger partial charge on any atom is -0.481 e. The van der Waals surface area contributed by atoms with Gasteiger partial charge in [0.15, 0.2) is 0 Å². The van der Waals surface area contributed by atoms with Crippen LogP contribution in [0.1, 0.15) is 42.1 Å². The molecule has 0 saturated carbocycles. The van der Waals surface area contributed by atoms with Crippen LogP contribution in [-0.4, -0.2) is 76.9 Å². The van der Waals surface area contributed by atoms with Crippen LogP contribution in [0.25, 0.3) is 33.6 Å². The number of aliphatic hydroxyl groups excluding tert-OH is 1. The standard InChI is InChI=1S/C35H36Cl2N6O4/c1-46-34-29(18-43-16-21(44)17-43)39-15-28(42-34)25-8-4-6-23(33(25)37)22-5-3-7-24(32(22)36)27-13-19-9-11-26(31(19)35(41-27)47-2)38-14-20-10-12-30(45)40-20/h3-8,13,15,20-21,26,38,44H,9-12,14,16-18H2,1-2H3,(H,40,45). The van der Waals surface area contributed by atoms with Crippen molar-refractivity contribution in [2.75, 3.05) is 33.9 Å². The number of likely N-dealkylation sites (tertiary alicyclic amines) is 1. The zero-order valence-corrected chi connectivity index (χ0v) is 27.7. The molecule has 1 amide bonds. The molecule has 2 atom stereocenters. The number of methoxy groups -OCH3 is 2. The second-order valence-electron chi connectivity index (χ2n) is 12.3. The quantitative estimate of drug-likeness (QED) is 0.208. The van der Waals surface area contributed by atoms with E-state index in [0.29, 0.717) is 71.4 Å². The Bertz CT molecular complexity index is 1830. The highest BCUT2D eigenvalue weighted by molar-refractivity contribution is 6.39. The number of carbonyl (C=O) groups is 1. The summed E-state index contributed by atoms with van der Waals surface area (Å²) in [7, 11) is 3.21. The number of aryl methyl sites for hydroxylation is 1. The van der Waals surface area contributed by atoms with Crippen LogP contribution in [0.15, 0.2) is 48.7 Å². The maximum Gasteiger partial charge on any atom is 0.237 e. The SMILES string of the molecule is COc1nc(-c2cccc(-c3cccc(-c4cc5c(c(OC)n4)C(NCC4CCC(=O)N4)CC5)c3Cl)c2Cl)cnc1CN1CC(O)C1. The third-order valence-electron chi connectivity index (χ3n) is 9.20. The molecule has 0 spiro atoms. The number of halogens is 2. The van der Waals surface area contributed by atoms with E-state index in [-0.39, 0.29) is 24.1 Å². The lowest BCUT2D eigenvalue weighted by Crippen LogP contribution is -2.50. The van der Waals surface area contributed by atoms with Gasteiger partial charge in [0.25, 0.3) is 0 Å². The second kappa shape index (κ2) is 13.4. The molecule has 12 heteroatoms. The molecule has 2 saturated heterocycles. The Balaban J connectivity index is 1.17. The van der Waals surface area contributed by atoms with E-state index in [1.165, 1.54) is 5.56 Å². The van der Waals surface area contributed by atoms with E-state index in [2.05, 4.69) is 26.6 Å². The fourth-order valence-electron chi connectivity index (χ4n) is 6.78. The van der Waals surface area contributed by atoms with Crippen molar-refractivity contribution in [1.29, 1.82) is 0 Å². The summed E-state index contributed by atoms with van der Waals surface area (Å²) < 4.78 is 11.4. The molecule has 10 nitrogen and oxygen atoms in total. The summed E-state index contributed by atoms with van der Waals surface area (Å²) >= 11 is 14.2. The molecule has 2 fully saturated rings. The molecule has 4 aromatic rings. The lowest BCUT2D eigenvalue weighted by molar-refractivity contribution is -0.119. The fourth-order valence-corrected chi connectivity index (χ4v) is 7.43. The first-order valence-corrected chi connectivity index (χ1v) is 16.6. The summed E-state index contributed by atoms with van der Waals surface area (Å²) in [6.45, 7) is 2.46. The number of benzene rings is 2. The number of ether oxygens (including phenoxy) is 2. The van der Waals surface area contributed by atoms with E-state index < -0.39 is 0 Å². The van der Waals surface area contributed by atoms with E-state index in [0.717, 1.165) is 47.2 Å². The van der Waals surface area contributed by atoms with Gasteiger partial charge in [0.1, 0.15) is 5.69 Å². The molecule has 7 rings (SSSR count). The van der Waals surface area contributed by atoms with Gasteiger partial charge in [0, 0.05) is 72.5 Å². The maximum absolute atomic E-state index is 11.6. The predicted molar refractivity (Wildman–Crippen MR) is 181 cm³/mol. The number of nitrogens with one attached hydrogen (secondary N) is 2. The van der Waals surface area contributed by atoms with Gasteiger partial charge in [-0.05, 0) is 30.9 Å². The van der Waals surface area contributed by atoms with Crippen LogP contribution in [-0.2, 0) is 17.8 Å². The summed E-state index contributed by atoms with van der Waals surface area (Å²) in [5.74, 6) is 1.11. The van der Waals surface area contributed by atoms with Crippen molar-refractivity contribution in [3.63, 3.8) is 0 Å². The first kappa shape index (κ1) is 31.8. The van der Waals surface area contributed by atoms with Gasteiger partial charge in [-0.2, -0.15) is 0 Å². The molecule has 3 N–H and O–H groups in total. The van der Waals surface area contributed by atoms with Gasteiger partial charge in [-0.1, -0.05) is 59.6 Å². The predicted octanol–water partition coefficient (Wildman–Crippen LogP) is 5.23. The number of fused-ring (bicyclic) bond motifs is 1. The number of aliphatic hydroxyl groups is 1. The van der Waals surface area contributed by atoms with Crippen LogP contribution < -0.4 is 20.1 Å². The average molecular weight is 676 g/mol. The molecule has 2 aromatic carbocycles. The number of pyridine rings is 1. The monoisotopic (exact) mass is 674 g/mol. The lowest BCUT2D eigenvalue weighted by atomic mass is 9.97. The minimum absolute atomic E-state index is 0.0989. The van der Waals surface area contributed by atoms with Crippen molar-refractivity contribution in [1.82, 2.24) is 30.5 Å². The Labute approximate surface area is 283 Å². The number of hydrogen-bond donors (Lipinski definition) is 3. The van der Waals surface area contributed by atoms with Gasteiger partial charge < -0.3 is 25.2 Å². The normalized spacial score (nSPS) is 19.4. The first-order chi connectivity index (χ1) is 22.8. The number of aromatic nitrogens is 3. The number of amides is 1. The van der Waals surface area contributed by atoms with Gasteiger partial charge in [-0.15, -0.1) is 0 Å². The zero-order valence-electron chi connectivity index (χ0n) is 26.2. The van der Waals surface area contributed by atoms with Gasteiger partial charge in [0.2, 0.25) is 17.7 Å². The van der Waals surface area contributed by atoms with Crippen molar-refractivity contribution in [3.05, 3.63) is 75.5 Å². The summed E-state index contributed by atoms with van der Waals surface area (Å²) in [4.78, 5) is 28.0. The van der Waals surface area contributed by atoms with Crippen molar-refractivity contribution in [3.8, 4) is 45.4 Å². The molecule has 3 aliphatic rings. The summed E-state index contributed by atoms with van der Waals surface area (Å²) in [6, 6.07) is 14.0. The molecule has 1 aliphatic carbocycles. The summed E-state index contributed by atoms with van der Waals surface area (Å²) in [5.41, 5.74) is 7.24. The molecule has 2 aliphatic heterocycles. The number of rotatable bonds is 10. The largest absolute Gasteiger partial charge is 0.481 e. The van der Waals surface area contributed by atoms with Crippen molar-refractivity contribution in [2.45, 2.75) is 50.4 Å². The van der Waals surface area contributed by atoms with E-state index in [1.54, 1.807) is 20.4 Å². The second-order valence-corrected chi connectivity index (χ2v) is 13.0. The van der Waals surface area contributed by atoms with E-state index in [4.69, 9.17) is 42.6 Å².